The Hall–Kier alpha value is -2.04. The van der Waals surface area contributed by atoms with E-state index in [1.807, 2.05) is 13.0 Å². The highest BCUT2D eigenvalue weighted by molar-refractivity contribution is 6.00. The quantitative estimate of drug-likeness (QED) is 0.924. The van der Waals surface area contributed by atoms with E-state index < -0.39 is 17.7 Å². The number of amides is 1. The van der Waals surface area contributed by atoms with Crippen LogP contribution in [0.2, 0.25) is 0 Å². The summed E-state index contributed by atoms with van der Waals surface area (Å²) in [5, 5.41) is 9.38. The molecular formula is C16H21NO4. The van der Waals surface area contributed by atoms with Crippen LogP contribution in [0.1, 0.15) is 49.5 Å². The van der Waals surface area contributed by atoms with Gasteiger partial charge in [0.25, 0.3) is 0 Å². The zero-order valence-corrected chi connectivity index (χ0v) is 12.8. The molecule has 1 aromatic rings. The number of nitrogens with zero attached hydrogens (tertiary/aromatic N) is 1. The van der Waals surface area contributed by atoms with Gasteiger partial charge in [0, 0.05) is 6.04 Å². The molecule has 0 unspecified atom stereocenters. The first-order valence-electron chi connectivity index (χ1n) is 7.05. The lowest BCUT2D eigenvalue weighted by Gasteiger charge is -2.28. The van der Waals surface area contributed by atoms with E-state index in [9.17, 15) is 14.7 Å². The number of rotatable bonds is 3. The lowest BCUT2D eigenvalue weighted by atomic mass is 10.1. The van der Waals surface area contributed by atoms with Gasteiger partial charge in [-0.05, 0) is 52.7 Å². The van der Waals surface area contributed by atoms with Crippen molar-refractivity contribution in [1.29, 1.82) is 0 Å². The number of hydrogen-bond acceptors (Lipinski definition) is 3. The molecule has 0 spiro atoms. The van der Waals surface area contributed by atoms with E-state index in [1.165, 1.54) is 4.90 Å². The molecule has 0 aromatic heterocycles. The fourth-order valence-corrected chi connectivity index (χ4v) is 2.12. The number of ether oxygens (including phenoxy) is 1. The second-order valence-corrected chi connectivity index (χ2v) is 6.41. The monoisotopic (exact) mass is 291 g/mol. The zero-order chi connectivity index (χ0) is 15.8. The predicted molar refractivity (Wildman–Crippen MR) is 79.9 cm³/mol. The topological polar surface area (TPSA) is 66.8 Å². The Morgan fingerprint density at radius 3 is 2.38 bits per heavy atom. The van der Waals surface area contributed by atoms with Gasteiger partial charge in [0.15, 0.2) is 0 Å². The Labute approximate surface area is 124 Å². The molecule has 1 amide bonds. The van der Waals surface area contributed by atoms with Crippen molar-refractivity contribution >= 4 is 17.7 Å². The molecule has 1 saturated carbocycles. The third-order valence-electron chi connectivity index (χ3n) is 3.14. The second kappa shape index (κ2) is 5.39. The molecule has 5 heteroatoms. The predicted octanol–water partition coefficient (Wildman–Crippen LogP) is 3.60. The number of carbonyl (C=O) groups excluding carboxylic acids is 1. The van der Waals surface area contributed by atoms with Gasteiger partial charge in [-0.25, -0.2) is 9.59 Å². The van der Waals surface area contributed by atoms with Crippen LogP contribution in [-0.4, -0.2) is 28.8 Å². The van der Waals surface area contributed by atoms with Crippen LogP contribution in [0, 0.1) is 6.92 Å². The van der Waals surface area contributed by atoms with Crippen molar-refractivity contribution < 1.29 is 19.4 Å². The van der Waals surface area contributed by atoms with Crippen molar-refractivity contribution in [3.05, 3.63) is 29.3 Å². The summed E-state index contributed by atoms with van der Waals surface area (Å²) in [5.41, 5.74) is 0.770. The molecule has 114 valence electrons. The van der Waals surface area contributed by atoms with Crippen LogP contribution in [-0.2, 0) is 4.74 Å². The van der Waals surface area contributed by atoms with Crippen molar-refractivity contribution in [2.75, 3.05) is 4.90 Å². The fourth-order valence-electron chi connectivity index (χ4n) is 2.12. The number of hydrogen-bond donors (Lipinski definition) is 1. The first kappa shape index (κ1) is 15.4. The SMILES string of the molecule is Cc1ccc(N(C(=O)OC(C)(C)C)C2CC2)c(C(=O)O)c1. The van der Waals surface area contributed by atoms with Gasteiger partial charge < -0.3 is 9.84 Å². The number of carbonyl (C=O) groups is 2. The normalized spacial score (nSPS) is 14.7. The average molecular weight is 291 g/mol. The molecule has 1 fully saturated rings. The maximum Gasteiger partial charge on any atom is 0.415 e. The van der Waals surface area contributed by atoms with Crippen LogP contribution in [0.25, 0.3) is 0 Å². The van der Waals surface area contributed by atoms with Crippen molar-refractivity contribution in [2.45, 2.75) is 52.2 Å². The third-order valence-corrected chi connectivity index (χ3v) is 3.14. The van der Waals surface area contributed by atoms with Crippen LogP contribution < -0.4 is 4.90 Å². The van der Waals surface area contributed by atoms with E-state index in [2.05, 4.69) is 0 Å². The van der Waals surface area contributed by atoms with Gasteiger partial charge in [-0.15, -0.1) is 0 Å². The second-order valence-electron chi connectivity index (χ2n) is 6.41. The van der Waals surface area contributed by atoms with Gasteiger partial charge in [-0.1, -0.05) is 11.6 Å². The van der Waals surface area contributed by atoms with E-state index in [4.69, 9.17) is 4.74 Å². The molecule has 0 radical (unpaired) electrons. The summed E-state index contributed by atoms with van der Waals surface area (Å²) in [6.45, 7) is 7.21. The maximum absolute atomic E-state index is 12.4. The van der Waals surface area contributed by atoms with Gasteiger partial charge >= 0.3 is 12.1 Å². The first-order valence-corrected chi connectivity index (χ1v) is 7.05. The number of carboxylic acid groups (broad SMARTS) is 1. The lowest BCUT2D eigenvalue weighted by molar-refractivity contribution is 0.0577. The van der Waals surface area contributed by atoms with Crippen molar-refractivity contribution in [3.8, 4) is 0 Å². The number of benzene rings is 1. The van der Waals surface area contributed by atoms with Crippen LogP contribution in [0.15, 0.2) is 18.2 Å². The molecule has 21 heavy (non-hydrogen) atoms. The number of carboxylic acids is 1. The van der Waals surface area contributed by atoms with Gasteiger partial charge in [0.2, 0.25) is 0 Å². The Bertz CT molecular complexity index is 570. The van der Waals surface area contributed by atoms with E-state index in [-0.39, 0.29) is 11.6 Å². The van der Waals surface area contributed by atoms with Gasteiger partial charge in [-0.2, -0.15) is 0 Å². The van der Waals surface area contributed by atoms with Crippen molar-refractivity contribution in [2.24, 2.45) is 0 Å². The molecule has 1 N–H and O–H groups in total. The molecule has 5 nitrogen and oxygen atoms in total. The fraction of sp³-hybridized carbons (Fsp3) is 0.500. The minimum absolute atomic E-state index is 0.0284. The zero-order valence-electron chi connectivity index (χ0n) is 12.8. The summed E-state index contributed by atoms with van der Waals surface area (Å²) in [6, 6.07) is 5.10. The summed E-state index contributed by atoms with van der Waals surface area (Å²) < 4.78 is 5.41. The smallest absolute Gasteiger partial charge is 0.415 e. The summed E-state index contributed by atoms with van der Waals surface area (Å²) in [7, 11) is 0. The Balaban J connectivity index is 2.39. The van der Waals surface area contributed by atoms with E-state index in [0.717, 1.165) is 18.4 Å². The Morgan fingerprint density at radius 1 is 1.29 bits per heavy atom. The molecule has 1 aliphatic carbocycles. The molecule has 0 heterocycles. The van der Waals surface area contributed by atoms with Gasteiger partial charge in [0.05, 0.1) is 11.3 Å². The number of aromatic carboxylic acids is 1. The largest absolute Gasteiger partial charge is 0.478 e. The van der Waals surface area contributed by atoms with E-state index >= 15 is 0 Å². The minimum atomic E-state index is -1.04. The highest BCUT2D eigenvalue weighted by Crippen LogP contribution is 2.35. The molecular weight excluding hydrogens is 270 g/mol. The van der Waals surface area contributed by atoms with Gasteiger partial charge in [0.1, 0.15) is 5.60 Å². The van der Waals surface area contributed by atoms with Crippen molar-refractivity contribution in [1.82, 2.24) is 0 Å². The first-order chi connectivity index (χ1) is 9.69. The highest BCUT2D eigenvalue weighted by atomic mass is 16.6. The molecule has 2 rings (SSSR count). The molecule has 1 aromatic carbocycles. The standard InChI is InChI=1S/C16H21NO4/c1-10-5-8-13(12(9-10)14(18)19)17(11-6-7-11)15(20)21-16(2,3)4/h5,8-9,11H,6-7H2,1-4H3,(H,18,19). The van der Waals surface area contributed by atoms with E-state index in [0.29, 0.717) is 5.69 Å². The summed E-state index contributed by atoms with van der Waals surface area (Å²) in [6.07, 6.45) is 1.24. The molecule has 0 saturated heterocycles. The summed E-state index contributed by atoms with van der Waals surface area (Å²) in [4.78, 5) is 25.3. The van der Waals surface area contributed by atoms with Crippen LogP contribution in [0.4, 0.5) is 10.5 Å². The molecule has 0 aliphatic heterocycles. The number of aryl methyl sites for hydroxylation is 1. The third kappa shape index (κ3) is 3.74. The average Bonchev–Trinajstić information content (AvgIpc) is 3.13. The highest BCUT2D eigenvalue weighted by Gasteiger charge is 2.38. The number of anilines is 1. The van der Waals surface area contributed by atoms with Crippen LogP contribution >= 0.6 is 0 Å². The van der Waals surface area contributed by atoms with Gasteiger partial charge in [-0.3, -0.25) is 4.90 Å². The lowest BCUT2D eigenvalue weighted by Crippen LogP contribution is -2.39. The van der Waals surface area contributed by atoms with Crippen molar-refractivity contribution in [3.63, 3.8) is 0 Å². The van der Waals surface area contributed by atoms with Crippen LogP contribution in [0.3, 0.4) is 0 Å². The Kier molecular flexibility index (Phi) is 3.94. The maximum atomic E-state index is 12.4. The Morgan fingerprint density at radius 2 is 1.90 bits per heavy atom. The molecule has 0 bridgehead atoms. The minimum Gasteiger partial charge on any atom is -0.478 e. The van der Waals surface area contributed by atoms with Crippen LogP contribution in [0.5, 0.6) is 0 Å². The summed E-state index contributed by atoms with van der Waals surface area (Å²) >= 11 is 0. The molecule has 0 atom stereocenters. The molecule has 1 aliphatic rings. The summed E-state index contributed by atoms with van der Waals surface area (Å²) in [5.74, 6) is -1.04. The van der Waals surface area contributed by atoms with E-state index in [1.54, 1.807) is 32.9 Å².